The first kappa shape index (κ1) is 22.4. The van der Waals surface area contributed by atoms with E-state index in [1.807, 2.05) is 68.4 Å². The molecule has 0 saturated carbocycles. The number of carbonyl (C=O) groups is 1. The summed E-state index contributed by atoms with van der Waals surface area (Å²) in [4.78, 5) is 30.2. The molecule has 2 amide bonds. The van der Waals surface area contributed by atoms with Gasteiger partial charge in [-0.3, -0.25) is 4.79 Å². The van der Waals surface area contributed by atoms with E-state index >= 15 is 0 Å². The summed E-state index contributed by atoms with van der Waals surface area (Å²) >= 11 is 1.54. The van der Waals surface area contributed by atoms with Gasteiger partial charge in [0.25, 0.3) is 5.56 Å². The van der Waals surface area contributed by atoms with E-state index < -0.39 is 0 Å². The fourth-order valence-electron chi connectivity index (χ4n) is 3.46. The number of hydrogen-bond acceptors (Lipinski definition) is 5. The minimum Gasteiger partial charge on any atom is -0.336 e. The highest BCUT2D eigenvalue weighted by molar-refractivity contribution is 7.18. The molecule has 0 fully saturated rings. The van der Waals surface area contributed by atoms with Crippen LogP contribution in [0.2, 0.25) is 0 Å². The van der Waals surface area contributed by atoms with Gasteiger partial charge in [-0.05, 0) is 31.0 Å². The molecule has 0 radical (unpaired) electrons. The number of aryl methyl sites for hydroxylation is 2. The second-order valence-corrected chi connectivity index (χ2v) is 8.47. The first-order valence-electron chi connectivity index (χ1n) is 10.8. The average Bonchev–Trinajstić information content (AvgIpc) is 3.23. The normalized spacial score (nSPS) is 10.7. The van der Waals surface area contributed by atoms with Gasteiger partial charge in [-0.1, -0.05) is 55.5 Å². The number of nitrogens with zero attached hydrogens (tertiary/aromatic N) is 3. The Morgan fingerprint density at radius 3 is 2.58 bits per heavy atom. The molecule has 0 atom stereocenters. The van der Waals surface area contributed by atoms with E-state index in [9.17, 15) is 9.59 Å². The molecule has 2 heterocycles. The Kier molecular flexibility index (Phi) is 6.95. The summed E-state index contributed by atoms with van der Waals surface area (Å²) in [6.45, 7) is 4.51. The molecule has 2 aromatic heterocycles. The zero-order valence-electron chi connectivity index (χ0n) is 18.5. The Balaban J connectivity index is 1.44. The van der Waals surface area contributed by atoms with Crippen LogP contribution in [-0.2, 0) is 13.0 Å². The summed E-state index contributed by atoms with van der Waals surface area (Å²) in [7, 11) is 0. The smallest absolute Gasteiger partial charge is 0.319 e. The number of thiazole rings is 1. The van der Waals surface area contributed by atoms with Crippen molar-refractivity contribution in [1.82, 2.24) is 20.1 Å². The third kappa shape index (κ3) is 5.35. The molecule has 0 unspecified atom stereocenters. The topological polar surface area (TPSA) is 88.9 Å². The predicted octanol–water partition coefficient (Wildman–Crippen LogP) is 4.73. The maximum absolute atomic E-state index is 12.3. The maximum atomic E-state index is 12.3. The van der Waals surface area contributed by atoms with Gasteiger partial charge in [0.2, 0.25) is 0 Å². The summed E-state index contributed by atoms with van der Waals surface area (Å²) in [5, 5.41) is 11.1. The minimum atomic E-state index is -0.314. The average molecular weight is 460 g/mol. The standard InChI is InChI=1S/C25H25N5O2S/c1-3-18-9-7-8-12-20(18)28-25(32)26-15-16-30-22(31)14-13-21(29-30)23-17(2)27-24(33-23)19-10-5-4-6-11-19/h4-14H,3,15-16H2,1-2H3,(H2,26,28,32). The van der Waals surface area contributed by atoms with Crippen LogP contribution in [0.1, 0.15) is 18.2 Å². The number of para-hydroxylation sites is 1. The van der Waals surface area contributed by atoms with Gasteiger partial charge in [-0.15, -0.1) is 11.3 Å². The largest absolute Gasteiger partial charge is 0.336 e. The van der Waals surface area contributed by atoms with Crippen LogP contribution in [0, 0.1) is 6.92 Å². The van der Waals surface area contributed by atoms with E-state index in [2.05, 4.69) is 20.7 Å². The number of carbonyl (C=O) groups excluding carboxylic acids is 1. The van der Waals surface area contributed by atoms with Crippen LogP contribution >= 0.6 is 11.3 Å². The van der Waals surface area contributed by atoms with Crippen molar-refractivity contribution in [2.24, 2.45) is 0 Å². The van der Waals surface area contributed by atoms with Crippen molar-refractivity contribution < 1.29 is 4.79 Å². The number of amides is 2. The van der Waals surface area contributed by atoms with Crippen LogP contribution in [0.15, 0.2) is 71.5 Å². The van der Waals surface area contributed by atoms with Crippen LogP contribution in [0.5, 0.6) is 0 Å². The van der Waals surface area contributed by atoms with E-state index in [-0.39, 0.29) is 24.7 Å². The number of anilines is 1. The van der Waals surface area contributed by atoms with Gasteiger partial charge in [-0.25, -0.2) is 14.5 Å². The summed E-state index contributed by atoms with van der Waals surface area (Å²) < 4.78 is 1.37. The van der Waals surface area contributed by atoms with Crippen LogP contribution in [-0.4, -0.2) is 27.3 Å². The zero-order valence-corrected chi connectivity index (χ0v) is 19.4. The third-order valence-corrected chi connectivity index (χ3v) is 6.40. The van der Waals surface area contributed by atoms with Gasteiger partial charge in [-0.2, -0.15) is 5.10 Å². The Morgan fingerprint density at radius 2 is 1.79 bits per heavy atom. The fourth-order valence-corrected chi connectivity index (χ4v) is 4.50. The van der Waals surface area contributed by atoms with Crippen molar-refractivity contribution in [1.29, 1.82) is 0 Å². The lowest BCUT2D eigenvalue weighted by Crippen LogP contribution is -2.34. The first-order chi connectivity index (χ1) is 16.0. The van der Waals surface area contributed by atoms with E-state index in [0.29, 0.717) is 5.69 Å². The van der Waals surface area contributed by atoms with E-state index in [4.69, 9.17) is 0 Å². The van der Waals surface area contributed by atoms with Crippen molar-refractivity contribution in [3.63, 3.8) is 0 Å². The molecule has 4 aromatic rings. The molecule has 2 N–H and O–H groups in total. The first-order valence-corrected chi connectivity index (χ1v) is 11.6. The Morgan fingerprint density at radius 1 is 1.03 bits per heavy atom. The second kappa shape index (κ2) is 10.2. The predicted molar refractivity (Wildman–Crippen MR) is 133 cm³/mol. The van der Waals surface area contributed by atoms with Gasteiger partial charge in [0.05, 0.1) is 17.1 Å². The molecule has 2 aromatic carbocycles. The fraction of sp³-hybridized carbons (Fsp3) is 0.200. The van der Waals surface area contributed by atoms with Crippen molar-refractivity contribution in [2.45, 2.75) is 26.8 Å². The molecule has 0 bridgehead atoms. The zero-order chi connectivity index (χ0) is 23.2. The summed E-state index contributed by atoms with van der Waals surface area (Å²) in [6, 6.07) is 20.6. The number of urea groups is 1. The lowest BCUT2D eigenvalue weighted by molar-refractivity contribution is 0.251. The molecule has 0 spiro atoms. The number of rotatable bonds is 7. The summed E-state index contributed by atoms with van der Waals surface area (Å²) in [6.07, 6.45) is 0.825. The summed E-state index contributed by atoms with van der Waals surface area (Å²) in [5.41, 5.74) is 4.22. The molecule has 4 rings (SSSR count). The molecule has 8 heteroatoms. The van der Waals surface area contributed by atoms with E-state index in [0.717, 1.165) is 38.8 Å². The molecule has 0 aliphatic rings. The van der Waals surface area contributed by atoms with Gasteiger partial charge in [0.1, 0.15) is 10.7 Å². The van der Waals surface area contributed by atoms with Crippen LogP contribution in [0.25, 0.3) is 21.1 Å². The molecule has 0 aliphatic heterocycles. The number of benzene rings is 2. The molecular weight excluding hydrogens is 434 g/mol. The quantitative estimate of drug-likeness (QED) is 0.418. The lowest BCUT2D eigenvalue weighted by atomic mass is 10.1. The SMILES string of the molecule is CCc1ccccc1NC(=O)NCCn1nc(-c2sc(-c3ccccc3)nc2C)ccc1=O. The molecule has 168 valence electrons. The van der Waals surface area contributed by atoms with Crippen LogP contribution < -0.4 is 16.2 Å². The Labute approximate surface area is 196 Å². The highest BCUT2D eigenvalue weighted by Crippen LogP contribution is 2.33. The highest BCUT2D eigenvalue weighted by Gasteiger charge is 2.14. The molecular formula is C25H25N5O2S. The molecule has 0 saturated heterocycles. The number of nitrogens with one attached hydrogen (secondary N) is 2. The van der Waals surface area contributed by atoms with Crippen molar-refractivity contribution in [2.75, 3.05) is 11.9 Å². The number of aromatic nitrogens is 3. The lowest BCUT2D eigenvalue weighted by Gasteiger charge is -2.11. The van der Waals surface area contributed by atoms with Crippen molar-refractivity contribution in [3.8, 4) is 21.1 Å². The molecule has 7 nitrogen and oxygen atoms in total. The van der Waals surface area contributed by atoms with E-state index in [1.54, 1.807) is 17.4 Å². The Bertz CT molecular complexity index is 1310. The maximum Gasteiger partial charge on any atom is 0.319 e. The van der Waals surface area contributed by atoms with Gasteiger partial charge >= 0.3 is 6.03 Å². The summed E-state index contributed by atoms with van der Waals surface area (Å²) in [5.74, 6) is 0. The van der Waals surface area contributed by atoms with Crippen molar-refractivity contribution in [3.05, 3.63) is 88.3 Å². The van der Waals surface area contributed by atoms with Crippen LogP contribution in [0.4, 0.5) is 10.5 Å². The highest BCUT2D eigenvalue weighted by atomic mass is 32.1. The van der Waals surface area contributed by atoms with E-state index in [1.165, 1.54) is 10.7 Å². The molecule has 0 aliphatic carbocycles. The van der Waals surface area contributed by atoms with Crippen LogP contribution in [0.3, 0.4) is 0 Å². The van der Waals surface area contributed by atoms with Gasteiger partial charge in [0, 0.05) is 23.9 Å². The molecule has 33 heavy (non-hydrogen) atoms. The number of hydrogen-bond donors (Lipinski definition) is 2. The Hall–Kier alpha value is -3.78. The van der Waals surface area contributed by atoms with Gasteiger partial charge in [0.15, 0.2) is 0 Å². The van der Waals surface area contributed by atoms with Gasteiger partial charge < -0.3 is 10.6 Å². The third-order valence-electron chi connectivity index (χ3n) is 5.17. The second-order valence-electron chi connectivity index (χ2n) is 7.47. The monoisotopic (exact) mass is 459 g/mol. The minimum absolute atomic E-state index is 0.220. The van der Waals surface area contributed by atoms with Crippen molar-refractivity contribution >= 4 is 23.1 Å².